The van der Waals surface area contributed by atoms with Crippen molar-refractivity contribution >= 4 is 34.3 Å². The Labute approximate surface area is 138 Å². The molecule has 3 heteroatoms. The summed E-state index contributed by atoms with van der Waals surface area (Å²) in [6.07, 6.45) is 4.08. The first-order chi connectivity index (χ1) is 11.4. The van der Waals surface area contributed by atoms with Crippen molar-refractivity contribution in [1.29, 1.82) is 0 Å². The van der Waals surface area contributed by atoms with Gasteiger partial charge in [0.25, 0.3) is 0 Å². The SMILES string of the molecule is C(=Cc1nnc(-c2cccc3ccccc23)s1)c1ccccc1. The van der Waals surface area contributed by atoms with Crippen molar-refractivity contribution in [2.45, 2.75) is 0 Å². The molecule has 0 N–H and O–H groups in total. The first-order valence-electron chi connectivity index (χ1n) is 7.45. The Morgan fingerprint density at radius 1 is 0.696 bits per heavy atom. The molecule has 4 rings (SSSR count). The number of rotatable bonds is 3. The fourth-order valence-corrected chi connectivity index (χ4v) is 3.34. The van der Waals surface area contributed by atoms with Gasteiger partial charge in [-0.1, -0.05) is 90.2 Å². The average Bonchev–Trinajstić information content (AvgIpc) is 3.09. The van der Waals surface area contributed by atoms with E-state index in [0.29, 0.717) is 0 Å². The minimum Gasteiger partial charge on any atom is -0.139 e. The predicted octanol–water partition coefficient (Wildman–Crippen LogP) is 5.53. The normalized spacial score (nSPS) is 11.3. The molecular formula is C20H14N2S. The van der Waals surface area contributed by atoms with Gasteiger partial charge in [0.2, 0.25) is 0 Å². The molecule has 0 radical (unpaired) electrons. The van der Waals surface area contributed by atoms with E-state index in [0.717, 1.165) is 21.1 Å². The van der Waals surface area contributed by atoms with E-state index in [2.05, 4.69) is 70.9 Å². The van der Waals surface area contributed by atoms with E-state index < -0.39 is 0 Å². The van der Waals surface area contributed by atoms with Crippen LogP contribution in [0.3, 0.4) is 0 Å². The lowest BCUT2D eigenvalue weighted by atomic mass is 10.1. The average molecular weight is 314 g/mol. The minimum absolute atomic E-state index is 0.914. The number of hydrogen-bond donors (Lipinski definition) is 0. The van der Waals surface area contributed by atoms with Gasteiger partial charge in [0, 0.05) is 5.56 Å². The largest absolute Gasteiger partial charge is 0.148 e. The van der Waals surface area contributed by atoms with Crippen LogP contribution in [0.25, 0.3) is 33.5 Å². The highest BCUT2D eigenvalue weighted by Gasteiger charge is 2.08. The molecule has 0 saturated carbocycles. The number of nitrogens with zero attached hydrogens (tertiary/aromatic N) is 2. The summed E-state index contributed by atoms with van der Waals surface area (Å²) >= 11 is 1.61. The molecule has 0 amide bonds. The Morgan fingerprint density at radius 3 is 2.39 bits per heavy atom. The summed E-state index contributed by atoms with van der Waals surface area (Å²) in [6.45, 7) is 0. The number of fused-ring (bicyclic) bond motifs is 1. The lowest BCUT2D eigenvalue weighted by Crippen LogP contribution is -1.80. The van der Waals surface area contributed by atoms with Crippen molar-refractivity contribution in [3.05, 3.63) is 83.4 Å². The Morgan fingerprint density at radius 2 is 1.48 bits per heavy atom. The number of benzene rings is 3. The van der Waals surface area contributed by atoms with Crippen LogP contribution in [0.2, 0.25) is 0 Å². The highest BCUT2D eigenvalue weighted by Crippen LogP contribution is 2.31. The maximum atomic E-state index is 4.37. The Kier molecular flexibility index (Phi) is 3.70. The molecule has 0 spiro atoms. The smallest absolute Gasteiger partial charge is 0.139 e. The Balaban J connectivity index is 1.69. The van der Waals surface area contributed by atoms with Gasteiger partial charge >= 0.3 is 0 Å². The lowest BCUT2D eigenvalue weighted by Gasteiger charge is -2.02. The minimum atomic E-state index is 0.914. The monoisotopic (exact) mass is 314 g/mol. The molecule has 0 fully saturated rings. The number of aromatic nitrogens is 2. The van der Waals surface area contributed by atoms with Crippen LogP contribution in [0.15, 0.2) is 72.8 Å². The first-order valence-corrected chi connectivity index (χ1v) is 8.26. The van der Waals surface area contributed by atoms with Crippen molar-refractivity contribution in [3.8, 4) is 10.6 Å². The maximum Gasteiger partial charge on any atom is 0.148 e. The summed E-state index contributed by atoms with van der Waals surface area (Å²) in [5.74, 6) is 0. The zero-order valence-electron chi connectivity index (χ0n) is 12.4. The van der Waals surface area contributed by atoms with Crippen LogP contribution in [0.5, 0.6) is 0 Å². The fourth-order valence-electron chi connectivity index (χ4n) is 2.55. The topological polar surface area (TPSA) is 25.8 Å². The second kappa shape index (κ2) is 6.15. The van der Waals surface area contributed by atoms with E-state index in [1.807, 2.05) is 24.3 Å². The standard InChI is InChI=1S/C20H14N2S/c1-2-7-15(8-3-1)13-14-19-21-22-20(23-19)18-12-6-10-16-9-4-5-11-17(16)18/h1-14H. The molecule has 0 unspecified atom stereocenters. The van der Waals surface area contributed by atoms with Crippen molar-refractivity contribution in [1.82, 2.24) is 10.2 Å². The van der Waals surface area contributed by atoms with Crippen molar-refractivity contribution in [3.63, 3.8) is 0 Å². The molecule has 0 bridgehead atoms. The van der Waals surface area contributed by atoms with Crippen LogP contribution in [0, 0.1) is 0 Å². The lowest BCUT2D eigenvalue weighted by molar-refractivity contribution is 1.09. The third-order valence-corrected chi connectivity index (χ3v) is 4.60. The summed E-state index contributed by atoms with van der Waals surface area (Å²) in [5.41, 5.74) is 2.30. The highest BCUT2D eigenvalue weighted by atomic mass is 32.1. The van der Waals surface area contributed by atoms with Gasteiger partial charge in [-0.05, 0) is 22.4 Å². The van der Waals surface area contributed by atoms with Gasteiger partial charge in [0.1, 0.15) is 10.0 Å². The fraction of sp³-hybridized carbons (Fsp3) is 0. The van der Waals surface area contributed by atoms with E-state index in [-0.39, 0.29) is 0 Å². The van der Waals surface area contributed by atoms with Gasteiger partial charge in [0.05, 0.1) is 0 Å². The molecule has 2 nitrogen and oxygen atoms in total. The zero-order chi connectivity index (χ0) is 15.5. The number of hydrogen-bond acceptors (Lipinski definition) is 3. The third-order valence-electron chi connectivity index (χ3n) is 3.68. The summed E-state index contributed by atoms with van der Waals surface area (Å²) in [5, 5.41) is 13.0. The quantitative estimate of drug-likeness (QED) is 0.497. The van der Waals surface area contributed by atoms with Gasteiger partial charge in [-0.15, -0.1) is 10.2 Å². The van der Waals surface area contributed by atoms with Gasteiger partial charge in [-0.25, -0.2) is 0 Å². The van der Waals surface area contributed by atoms with Gasteiger partial charge < -0.3 is 0 Å². The highest BCUT2D eigenvalue weighted by molar-refractivity contribution is 7.15. The molecule has 3 aromatic carbocycles. The first kappa shape index (κ1) is 13.9. The molecule has 0 saturated heterocycles. The molecule has 0 aliphatic heterocycles. The molecule has 23 heavy (non-hydrogen) atoms. The summed E-state index contributed by atoms with van der Waals surface area (Å²) in [7, 11) is 0. The maximum absolute atomic E-state index is 4.37. The summed E-state index contributed by atoms with van der Waals surface area (Å²) < 4.78 is 0. The van der Waals surface area contributed by atoms with Crippen LogP contribution >= 0.6 is 11.3 Å². The van der Waals surface area contributed by atoms with Gasteiger partial charge in [-0.3, -0.25) is 0 Å². The second-order valence-electron chi connectivity index (χ2n) is 5.22. The second-order valence-corrected chi connectivity index (χ2v) is 6.23. The van der Waals surface area contributed by atoms with Crippen LogP contribution in [-0.2, 0) is 0 Å². The Bertz CT molecular complexity index is 966. The molecular weight excluding hydrogens is 300 g/mol. The van der Waals surface area contributed by atoms with Crippen LogP contribution in [0.4, 0.5) is 0 Å². The van der Waals surface area contributed by atoms with Gasteiger partial charge in [0.15, 0.2) is 0 Å². The molecule has 4 aromatic rings. The molecule has 110 valence electrons. The molecule has 1 aromatic heterocycles. The van der Waals surface area contributed by atoms with Crippen LogP contribution in [0.1, 0.15) is 10.6 Å². The Hall–Kier alpha value is -2.78. The van der Waals surface area contributed by atoms with Crippen molar-refractivity contribution < 1.29 is 0 Å². The van der Waals surface area contributed by atoms with Crippen LogP contribution in [-0.4, -0.2) is 10.2 Å². The molecule has 0 aliphatic carbocycles. The summed E-state index contributed by atoms with van der Waals surface area (Å²) in [4.78, 5) is 0. The van der Waals surface area contributed by atoms with Gasteiger partial charge in [-0.2, -0.15) is 0 Å². The zero-order valence-corrected chi connectivity index (χ0v) is 13.2. The molecule has 0 aliphatic rings. The molecule has 0 atom stereocenters. The predicted molar refractivity (Wildman–Crippen MR) is 98.2 cm³/mol. The van der Waals surface area contributed by atoms with Crippen molar-refractivity contribution in [2.75, 3.05) is 0 Å². The van der Waals surface area contributed by atoms with Crippen LogP contribution < -0.4 is 0 Å². The molecule has 1 heterocycles. The third kappa shape index (κ3) is 2.91. The van der Waals surface area contributed by atoms with E-state index in [9.17, 15) is 0 Å². The summed E-state index contributed by atoms with van der Waals surface area (Å²) in [6, 6.07) is 24.9. The van der Waals surface area contributed by atoms with E-state index in [4.69, 9.17) is 0 Å². The van der Waals surface area contributed by atoms with E-state index in [1.54, 1.807) is 11.3 Å². The van der Waals surface area contributed by atoms with Crippen molar-refractivity contribution in [2.24, 2.45) is 0 Å². The van der Waals surface area contributed by atoms with E-state index in [1.165, 1.54) is 10.8 Å². The van der Waals surface area contributed by atoms with E-state index >= 15 is 0 Å².